The fourth-order valence-electron chi connectivity index (χ4n) is 2.64. The molecule has 112 valence electrons. The topological polar surface area (TPSA) is 86.7 Å². The van der Waals surface area contributed by atoms with Crippen LogP contribution in [0.4, 0.5) is 4.79 Å². The average molecular weight is 286 g/mol. The maximum Gasteiger partial charge on any atom is 0.434 e. The van der Waals surface area contributed by atoms with Gasteiger partial charge in [-0.15, -0.1) is 5.01 Å². The molecule has 0 aromatic heterocycles. The van der Waals surface area contributed by atoms with Gasteiger partial charge in [-0.2, -0.15) is 0 Å². The van der Waals surface area contributed by atoms with Gasteiger partial charge >= 0.3 is 17.9 Å². The number of rotatable bonds is 0. The number of amides is 1. The van der Waals surface area contributed by atoms with Crippen LogP contribution in [-0.4, -0.2) is 54.1 Å². The molecule has 2 heterocycles. The quantitative estimate of drug-likeness (QED) is 0.656. The summed E-state index contributed by atoms with van der Waals surface area (Å²) >= 11 is 0. The lowest BCUT2D eigenvalue weighted by molar-refractivity contribution is -0.170. The Hall–Kier alpha value is -1.83. The molecule has 1 spiro atoms. The minimum absolute atomic E-state index is 0.196. The molecule has 0 unspecified atom stereocenters. The Kier molecular flexibility index (Phi) is 2.97. The zero-order valence-electron chi connectivity index (χ0n) is 12.3. The predicted molar refractivity (Wildman–Crippen MR) is 66.8 cm³/mol. The Morgan fingerprint density at radius 2 is 1.85 bits per heavy atom. The monoisotopic (exact) mass is 286 g/mol. The normalized spacial score (nSPS) is 30.2. The summed E-state index contributed by atoms with van der Waals surface area (Å²) in [4.78, 5) is 24.7. The number of hydrogen-bond donors (Lipinski definition) is 0. The highest BCUT2D eigenvalue weighted by Crippen LogP contribution is 2.49. The van der Waals surface area contributed by atoms with Crippen LogP contribution in [0.1, 0.15) is 27.7 Å². The molecule has 8 heteroatoms. The van der Waals surface area contributed by atoms with Gasteiger partial charge in [-0.05, 0) is 27.7 Å². The molecule has 1 fully saturated rings. The number of nitrogens with zero attached hydrogens (tertiary/aromatic N) is 2. The predicted octanol–water partition coefficient (Wildman–Crippen LogP) is 0.855. The van der Waals surface area contributed by atoms with E-state index in [2.05, 4.69) is 9.84 Å². The van der Waals surface area contributed by atoms with E-state index >= 15 is 0 Å². The van der Waals surface area contributed by atoms with Gasteiger partial charge in [0.25, 0.3) is 0 Å². The molecule has 8 nitrogen and oxygen atoms in total. The van der Waals surface area contributed by atoms with Gasteiger partial charge in [0.1, 0.15) is 11.2 Å². The number of hydrazone groups is 1. The Balaban J connectivity index is 2.57. The standard InChI is InChI=1S/C12H18N2O6/c1-10(2)7(15)12(11(3,4)20-10)14(9(16)18-6)13-8(17-5)19-12/h1-6H3/t12-/m1/s1. The van der Waals surface area contributed by atoms with Crippen LogP contribution in [0, 0.1) is 0 Å². The van der Waals surface area contributed by atoms with E-state index in [1.165, 1.54) is 14.2 Å². The molecule has 0 N–H and O–H groups in total. The number of carbonyl (C=O) groups excluding carboxylic acids is 2. The molecule has 0 aliphatic carbocycles. The Morgan fingerprint density at radius 1 is 1.25 bits per heavy atom. The highest BCUT2D eigenvalue weighted by molar-refractivity contribution is 6.01. The SMILES string of the molecule is COC(=O)N1N=C(OC)O[C@@]12C(=O)C(C)(C)OC2(C)C. The van der Waals surface area contributed by atoms with Crippen molar-refractivity contribution in [1.29, 1.82) is 0 Å². The van der Waals surface area contributed by atoms with E-state index in [-0.39, 0.29) is 6.08 Å². The maximum absolute atomic E-state index is 12.7. The van der Waals surface area contributed by atoms with Crippen LogP contribution in [0.2, 0.25) is 0 Å². The van der Waals surface area contributed by atoms with Gasteiger partial charge in [0.05, 0.1) is 14.2 Å². The fourth-order valence-corrected chi connectivity index (χ4v) is 2.64. The van der Waals surface area contributed by atoms with E-state index < -0.39 is 28.8 Å². The van der Waals surface area contributed by atoms with E-state index in [0.717, 1.165) is 5.01 Å². The van der Waals surface area contributed by atoms with Gasteiger partial charge in [0.2, 0.25) is 5.78 Å². The number of methoxy groups -OCH3 is 2. The first-order chi connectivity index (χ1) is 9.12. The van der Waals surface area contributed by atoms with E-state index in [1.54, 1.807) is 27.7 Å². The van der Waals surface area contributed by atoms with Crippen molar-refractivity contribution in [3.05, 3.63) is 0 Å². The molecular weight excluding hydrogens is 268 g/mol. The molecule has 0 aromatic rings. The fraction of sp³-hybridized carbons (Fsp3) is 0.750. The van der Waals surface area contributed by atoms with Crippen LogP contribution in [0.15, 0.2) is 5.10 Å². The van der Waals surface area contributed by atoms with Crippen LogP contribution in [0.25, 0.3) is 0 Å². The van der Waals surface area contributed by atoms with Crippen molar-refractivity contribution >= 4 is 18.0 Å². The summed E-state index contributed by atoms with van der Waals surface area (Å²) in [5.41, 5.74) is -4.00. The number of hydrogen-bond acceptors (Lipinski definition) is 7. The van der Waals surface area contributed by atoms with Crippen molar-refractivity contribution in [2.45, 2.75) is 44.6 Å². The van der Waals surface area contributed by atoms with Crippen molar-refractivity contribution in [3.8, 4) is 0 Å². The van der Waals surface area contributed by atoms with E-state index in [0.29, 0.717) is 0 Å². The lowest BCUT2D eigenvalue weighted by Crippen LogP contribution is -2.63. The first-order valence-electron chi connectivity index (χ1n) is 6.07. The number of carbonyl (C=O) groups is 2. The van der Waals surface area contributed by atoms with Gasteiger partial charge in [-0.1, -0.05) is 5.10 Å². The summed E-state index contributed by atoms with van der Waals surface area (Å²) in [6, 6.07) is 0. The summed E-state index contributed by atoms with van der Waals surface area (Å²) < 4.78 is 20.9. The van der Waals surface area contributed by atoms with Crippen LogP contribution in [0.5, 0.6) is 0 Å². The van der Waals surface area contributed by atoms with Crippen LogP contribution in [-0.2, 0) is 23.7 Å². The largest absolute Gasteiger partial charge is 0.453 e. The zero-order valence-corrected chi connectivity index (χ0v) is 12.3. The third-order valence-corrected chi connectivity index (χ3v) is 3.42. The van der Waals surface area contributed by atoms with Crippen molar-refractivity contribution in [2.75, 3.05) is 14.2 Å². The van der Waals surface area contributed by atoms with E-state index in [4.69, 9.17) is 14.2 Å². The number of Topliss-reactive ketones (excluding diaryl/α,β-unsaturated/α-hetero) is 1. The number of ketones is 1. The van der Waals surface area contributed by atoms with Gasteiger partial charge in [-0.25, -0.2) is 4.79 Å². The smallest absolute Gasteiger partial charge is 0.434 e. The van der Waals surface area contributed by atoms with Crippen molar-refractivity contribution < 1.29 is 28.5 Å². The number of ether oxygens (including phenoxy) is 4. The molecule has 0 saturated carbocycles. The summed E-state index contributed by atoms with van der Waals surface area (Å²) in [5, 5.41) is 4.69. The Bertz CT molecular complexity index is 498. The summed E-state index contributed by atoms with van der Waals surface area (Å²) in [6.07, 6.45) is -1.03. The van der Waals surface area contributed by atoms with Crippen LogP contribution >= 0.6 is 0 Å². The highest BCUT2D eigenvalue weighted by atomic mass is 16.7. The molecular formula is C12H18N2O6. The maximum atomic E-state index is 12.7. The van der Waals surface area contributed by atoms with E-state index in [1.807, 2.05) is 0 Å². The minimum Gasteiger partial charge on any atom is -0.453 e. The molecule has 2 rings (SSSR count). The van der Waals surface area contributed by atoms with Gasteiger partial charge in [-0.3, -0.25) is 4.79 Å². The van der Waals surface area contributed by atoms with Gasteiger partial charge < -0.3 is 18.9 Å². The Labute approximate surface area is 116 Å². The van der Waals surface area contributed by atoms with E-state index in [9.17, 15) is 9.59 Å². The molecule has 2 aliphatic rings. The zero-order chi connectivity index (χ0) is 15.3. The molecule has 1 saturated heterocycles. The van der Waals surface area contributed by atoms with Gasteiger partial charge in [0, 0.05) is 0 Å². The molecule has 1 atom stereocenters. The second-order valence-corrected chi connectivity index (χ2v) is 5.55. The molecule has 2 aliphatic heterocycles. The molecule has 0 radical (unpaired) electrons. The lowest BCUT2D eigenvalue weighted by Gasteiger charge is -2.36. The molecule has 0 aromatic carbocycles. The third-order valence-electron chi connectivity index (χ3n) is 3.42. The second-order valence-electron chi connectivity index (χ2n) is 5.55. The second kappa shape index (κ2) is 4.08. The molecule has 20 heavy (non-hydrogen) atoms. The lowest BCUT2D eigenvalue weighted by atomic mass is 9.88. The summed E-state index contributed by atoms with van der Waals surface area (Å²) in [7, 11) is 2.51. The Morgan fingerprint density at radius 3 is 2.25 bits per heavy atom. The minimum atomic E-state index is -1.74. The van der Waals surface area contributed by atoms with Gasteiger partial charge in [0.15, 0.2) is 0 Å². The first kappa shape index (κ1) is 14.6. The molecule has 0 bridgehead atoms. The third kappa shape index (κ3) is 1.60. The van der Waals surface area contributed by atoms with Crippen LogP contribution in [0.3, 0.4) is 0 Å². The first-order valence-corrected chi connectivity index (χ1v) is 6.07. The van der Waals surface area contributed by atoms with Crippen LogP contribution < -0.4 is 0 Å². The summed E-state index contributed by atoms with van der Waals surface area (Å²) in [5.74, 6) is -0.434. The van der Waals surface area contributed by atoms with Crippen molar-refractivity contribution in [3.63, 3.8) is 0 Å². The van der Waals surface area contributed by atoms with Crippen molar-refractivity contribution in [1.82, 2.24) is 5.01 Å². The summed E-state index contributed by atoms with van der Waals surface area (Å²) in [6.45, 7) is 6.50. The average Bonchev–Trinajstić information content (AvgIpc) is 2.81. The molecule has 1 amide bonds. The van der Waals surface area contributed by atoms with Crippen molar-refractivity contribution in [2.24, 2.45) is 5.10 Å². The highest BCUT2D eigenvalue weighted by Gasteiger charge is 2.74.